The fourth-order valence-electron chi connectivity index (χ4n) is 8.43. The maximum Gasteiger partial charge on any atom is 0.306 e. The largest absolute Gasteiger partial charge is 0.462 e. The van der Waals surface area contributed by atoms with E-state index in [1.165, 1.54) is 96.3 Å². The molecule has 0 aliphatic carbocycles. The van der Waals surface area contributed by atoms with Crippen LogP contribution < -0.4 is 0 Å². The predicted octanol–water partition coefficient (Wildman–Crippen LogP) is 21.6. The van der Waals surface area contributed by atoms with Crippen LogP contribution in [0, 0.1) is 0 Å². The Balaban J connectivity index is 4.32. The molecule has 6 heteroatoms. The van der Waals surface area contributed by atoms with E-state index in [9.17, 15) is 14.4 Å². The summed E-state index contributed by atoms with van der Waals surface area (Å²) in [5, 5.41) is 0. The van der Waals surface area contributed by atoms with E-state index in [1.54, 1.807) is 0 Å². The first-order valence-electron chi connectivity index (χ1n) is 31.5. The van der Waals surface area contributed by atoms with Crippen LogP contribution in [0.25, 0.3) is 0 Å². The summed E-state index contributed by atoms with van der Waals surface area (Å²) in [6.45, 7) is 6.44. The minimum atomic E-state index is -0.796. The van der Waals surface area contributed by atoms with Crippen molar-refractivity contribution in [1.29, 1.82) is 0 Å². The molecule has 1 atom stereocenters. The van der Waals surface area contributed by atoms with E-state index in [-0.39, 0.29) is 31.1 Å². The molecule has 0 fully saturated rings. The summed E-state index contributed by atoms with van der Waals surface area (Å²) >= 11 is 0. The van der Waals surface area contributed by atoms with Gasteiger partial charge in [0.2, 0.25) is 0 Å². The summed E-state index contributed by atoms with van der Waals surface area (Å²) in [7, 11) is 0. The van der Waals surface area contributed by atoms with Crippen LogP contribution in [-0.4, -0.2) is 37.2 Å². The van der Waals surface area contributed by atoms with Crippen molar-refractivity contribution in [2.75, 3.05) is 13.2 Å². The molecule has 6 nitrogen and oxygen atoms in total. The van der Waals surface area contributed by atoms with Crippen LogP contribution in [0.15, 0.2) is 122 Å². The Bertz CT molecular complexity index is 1590. The summed E-state index contributed by atoms with van der Waals surface area (Å²) in [5.74, 6) is -0.922. The van der Waals surface area contributed by atoms with Gasteiger partial charge in [0.05, 0.1) is 0 Å². The Kier molecular flexibility index (Phi) is 59.9. The molecule has 0 bridgehead atoms. The van der Waals surface area contributed by atoms with Gasteiger partial charge in [-0.3, -0.25) is 14.4 Å². The number of allylic oxidation sites excluding steroid dienone is 20. The molecule has 0 N–H and O–H groups in total. The van der Waals surface area contributed by atoms with Crippen molar-refractivity contribution < 1.29 is 28.6 Å². The lowest BCUT2D eigenvalue weighted by Gasteiger charge is -2.18. The molecule has 0 saturated heterocycles. The van der Waals surface area contributed by atoms with Gasteiger partial charge in [-0.15, -0.1) is 0 Å². The minimum Gasteiger partial charge on any atom is -0.462 e. The molecule has 0 radical (unpaired) electrons. The zero-order chi connectivity index (χ0) is 55.0. The van der Waals surface area contributed by atoms with Crippen molar-refractivity contribution in [2.24, 2.45) is 0 Å². The second kappa shape index (κ2) is 63.3. The molecule has 0 saturated carbocycles. The van der Waals surface area contributed by atoms with Crippen LogP contribution in [0.4, 0.5) is 0 Å². The van der Waals surface area contributed by atoms with Gasteiger partial charge in [-0.1, -0.05) is 258 Å². The highest BCUT2D eigenvalue weighted by molar-refractivity contribution is 5.71. The zero-order valence-electron chi connectivity index (χ0n) is 49.5. The second-order valence-corrected chi connectivity index (χ2v) is 20.6. The Morgan fingerprint density at radius 2 is 0.526 bits per heavy atom. The molecule has 0 aromatic rings. The lowest BCUT2D eigenvalue weighted by molar-refractivity contribution is -0.167. The van der Waals surface area contributed by atoms with Gasteiger partial charge in [0.15, 0.2) is 6.10 Å². The van der Waals surface area contributed by atoms with Gasteiger partial charge in [-0.2, -0.15) is 0 Å². The molecular weight excluding hydrogens is 937 g/mol. The summed E-state index contributed by atoms with van der Waals surface area (Å²) < 4.78 is 16.9. The SMILES string of the molecule is CC/C=C\C/C=C\C/C=C\C/C=C\C/C=C\C/C=C\CCCCCCCCCCCCC(=O)OCC(COC(=O)CCCCCCC/C=C\C/C=C\CCCC)OC(=O)CCCCCCC/C=C\C/C=C\CCCCC. The third-order valence-corrected chi connectivity index (χ3v) is 13.2. The number of unbranched alkanes of at least 4 members (excludes halogenated alkanes) is 25. The predicted molar refractivity (Wildman–Crippen MR) is 330 cm³/mol. The van der Waals surface area contributed by atoms with E-state index in [2.05, 4.69) is 142 Å². The van der Waals surface area contributed by atoms with Gasteiger partial charge in [-0.05, 0) is 128 Å². The lowest BCUT2D eigenvalue weighted by atomic mass is 10.1. The number of ether oxygens (including phenoxy) is 3. The quantitative estimate of drug-likeness (QED) is 0.0261. The van der Waals surface area contributed by atoms with Crippen molar-refractivity contribution in [2.45, 2.75) is 290 Å². The van der Waals surface area contributed by atoms with Crippen molar-refractivity contribution >= 4 is 17.9 Å². The van der Waals surface area contributed by atoms with Gasteiger partial charge >= 0.3 is 17.9 Å². The normalized spacial score (nSPS) is 12.9. The first-order valence-corrected chi connectivity index (χ1v) is 31.5. The monoisotopic (exact) mass is 1050 g/mol. The Morgan fingerprint density at radius 1 is 0.276 bits per heavy atom. The van der Waals surface area contributed by atoms with Crippen molar-refractivity contribution in [1.82, 2.24) is 0 Å². The Hall–Kier alpha value is -4.19. The molecule has 1 unspecified atom stereocenters. The van der Waals surface area contributed by atoms with Crippen LogP contribution in [0.2, 0.25) is 0 Å². The van der Waals surface area contributed by atoms with E-state index < -0.39 is 6.10 Å². The zero-order valence-corrected chi connectivity index (χ0v) is 49.5. The Labute approximate surface area is 469 Å². The van der Waals surface area contributed by atoms with Crippen LogP contribution in [0.5, 0.6) is 0 Å². The van der Waals surface area contributed by atoms with E-state index in [0.29, 0.717) is 19.3 Å². The highest BCUT2D eigenvalue weighted by Gasteiger charge is 2.19. The van der Waals surface area contributed by atoms with Gasteiger partial charge < -0.3 is 14.2 Å². The summed E-state index contributed by atoms with van der Waals surface area (Å²) in [5.41, 5.74) is 0. The fraction of sp³-hybridized carbons (Fsp3) is 0.671. The number of esters is 3. The van der Waals surface area contributed by atoms with E-state index >= 15 is 0 Å². The molecule has 0 amide bonds. The van der Waals surface area contributed by atoms with Crippen molar-refractivity contribution in [3.8, 4) is 0 Å². The first-order chi connectivity index (χ1) is 37.5. The van der Waals surface area contributed by atoms with Gasteiger partial charge in [0, 0.05) is 19.3 Å². The average Bonchev–Trinajstić information content (AvgIpc) is 3.42. The molecular formula is C70H116O6. The standard InChI is InChI=1S/C70H116O6/c1-4-7-10-13-16-19-22-25-28-29-30-31-32-33-34-35-36-37-38-39-40-41-43-45-48-51-54-57-60-63-69(72)75-66-67(65-74-68(71)62-59-56-53-50-47-44-27-24-21-18-15-12-9-6-3)76-70(73)64-61-58-55-52-49-46-42-26-23-20-17-14-11-8-5-2/h7,10,15-20,24-28,30-31,33-34,36-37,42,67H,4-6,8-9,11-14,21-23,29,32,35,38-41,43-66H2,1-3H3/b10-7-,18-15-,19-16-,20-17-,27-24-,28-25-,31-30-,34-33-,37-36-,42-26-. The number of hydrogen-bond acceptors (Lipinski definition) is 6. The number of carbonyl (C=O) groups is 3. The number of carbonyl (C=O) groups excluding carboxylic acids is 3. The summed E-state index contributed by atoms with van der Waals surface area (Å²) in [6, 6.07) is 0. The number of rotatable bonds is 56. The highest BCUT2D eigenvalue weighted by atomic mass is 16.6. The summed E-state index contributed by atoms with van der Waals surface area (Å²) in [4.78, 5) is 38.3. The van der Waals surface area contributed by atoms with Gasteiger partial charge in [0.1, 0.15) is 13.2 Å². The maximum atomic E-state index is 12.9. The molecule has 0 aromatic heterocycles. The van der Waals surface area contributed by atoms with Crippen molar-refractivity contribution in [3.63, 3.8) is 0 Å². The molecule has 0 spiro atoms. The highest BCUT2D eigenvalue weighted by Crippen LogP contribution is 2.15. The molecule has 0 aliphatic rings. The van der Waals surface area contributed by atoms with Crippen LogP contribution in [0.1, 0.15) is 284 Å². The molecule has 0 heterocycles. The number of hydrogen-bond donors (Lipinski definition) is 0. The van der Waals surface area contributed by atoms with E-state index in [1.807, 2.05) is 0 Å². The third-order valence-electron chi connectivity index (χ3n) is 13.2. The van der Waals surface area contributed by atoms with Crippen LogP contribution in [0.3, 0.4) is 0 Å². The maximum absolute atomic E-state index is 12.9. The molecule has 76 heavy (non-hydrogen) atoms. The molecule has 0 aliphatic heterocycles. The third kappa shape index (κ3) is 60.7. The second-order valence-electron chi connectivity index (χ2n) is 20.6. The summed E-state index contributed by atoms with van der Waals surface area (Å²) in [6.07, 6.45) is 87.7. The van der Waals surface area contributed by atoms with E-state index in [4.69, 9.17) is 14.2 Å². The average molecular weight is 1050 g/mol. The first kappa shape index (κ1) is 71.8. The minimum absolute atomic E-state index is 0.0923. The van der Waals surface area contributed by atoms with Crippen LogP contribution >= 0.6 is 0 Å². The lowest BCUT2D eigenvalue weighted by Crippen LogP contribution is -2.30. The van der Waals surface area contributed by atoms with Gasteiger partial charge in [-0.25, -0.2) is 0 Å². The smallest absolute Gasteiger partial charge is 0.306 e. The Morgan fingerprint density at radius 3 is 0.842 bits per heavy atom. The molecule has 0 aromatic carbocycles. The van der Waals surface area contributed by atoms with Crippen molar-refractivity contribution in [3.05, 3.63) is 122 Å². The molecule has 0 rings (SSSR count). The van der Waals surface area contributed by atoms with E-state index in [0.717, 1.165) is 148 Å². The van der Waals surface area contributed by atoms with Crippen LogP contribution in [-0.2, 0) is 28.6 Å². The molecule has 432 valence electrons. The fourth-order valence-corrected chi connectivity index (χ4v) is 8.43. The topological polar surface area (TPSA) is 78.9 Å². The van der Waals surface area contributed by atoms with Gasteiger partial charge in [0.25, 0.3) is 0 Å².